The molecule has 1 fully saturated rings. The first-order valence-electron chi connectivity index (χ1n) is 8.41. The molecule has 2 aromatic rings. The zero-order valence-electron chi connectivity index (χ0n) is 14.5. The molecule has 0 radical (unpaired) electrons. The number of benzene rings is 1. The second kappa shape index (κ2) is 6.77. The number of carbonyl (C=O) groups excluding carboxylic acids is 1. The Hall–Kier alpha value is -2.14. The van der Waals surface area contributed by atoms with Crippen molar-refractivity contribution in [2.45, 2.75) is 45.1 Å². The SMILES string of the molecule is CC(C)(C)c1ccc(-c2cc(C(=O)NCC3CCCO3)no2)cc1. The van der Waals surface area contributed by atoms with Crippen molar-refractivity contribution in [1.29, 1.82) is 0 Å². The normalized spacial score (nSPS) is 17.9. The largest absolute Gasteiger partial charge is 0.376 e. The van der Waals surface area contributed by atoms with E-state index in [1.54, 1.807) is 6.07 Å². The third kappa shape index (κ3) is 3.85. The lowest BCUT2D eigenvalue weighted by molar-refractivity contribution is 0.0850. The van der Waals surface area contributed by atoms with E-state index in [1.807, 2.05) is 12.1 Å². The van der Waals surface area contributed by atoms with E-state index in [1.165, 1.54) is 5.56 Å². The highest BCUT2D eigenvalue weighted by molar-refractivity contribution is 5.93. The fourth-order valence-corrected chi connectivity index (χ4v) is 2.76. The van der Waals surface area contributed by atoms with Gasteiger partial charge in [0.05, 0.1) is 6.10 Å². The van der Waals surface area contributed by atoms with Crippen LogP contribution in [0.15, 0.2) is 34.9 Å². The Morgan fingerprint density at radius 1 is 1.29 bits per heavy atom. The molecule has 0 aliphatic carbocycles. The van der Waals surface area contributed by atoms with Crippen LogP contribution in [0.2, 0.25) is 0 Å². The van der Waals surface area contributed by atoms with Gasteiger partial charge >= 0.3 is 0 Å². The van der Waals surface area contributed by atoms with E-state index in [2.05, 4.69) is 43.4 Å². The lowest BCUT2D eigenvalue weighted by Crippen LogP contribution is -2.31. The molecule has 1 aromatic heterocycles. The summed E-state index contributed by atoms with van der Waals surface area (Å²) < 4.78 is 10.8. The van der Waals surface area contributed by atoms with E-state index in [4.69, 9.17) is 9.26 Å². The van der Waals surface area contributed by atoms with Crippen molar-refractivity contribution in [2.75, 3.05) is 13.2 Å². The van der Waals surface area contributed by atoms with Crippen molar-refractivity contribution in [2.24, 2.45) is 0 Å². The van der Waals surface area contributed by atoms with Gasteiger partial charge in [0.2, 0.25) is 0 Å². The highest BCUT2D eigenvalue weighted by Crippen LogP contribution is 2.26. The molecule has 1 aromatic carbocycles. The van der Waals surface area contributed by atoms with Gasteiger partial charge in [-0.05, 0) is 23.8 Å². The Bertz CT molecular complexity index is 692. The van der Waals surface area contributed by atoms with Crippen molar-refractivity contribution >= 4 is 5.91 Å². The van der Waals surface area contributed by atoms with E-state index in [0.29, 0.717) is 18.0 Å². The predicted molar refractivity (Wildman–Crippen MR) is 91.9 cm³/mol. The van der Waals surface area contributed by atoms with Gasteiger partial charge in [0.25, 0.3) is 5.91 Å². The van der Waals surface area contributed by atoms with Crippen LogP contribution in [0.5, 0.6) is 0 Å². The molecule has 1 atom stereocenters. The van der Waals surface area contributed by atoms with Crippen LogP contribution < -0.4 is 5.32 Å². The Labute approximate surface area is 142 Å². The fourth-order valence-electron chi connectivity index (χ4n) is 2.76. The summed E-state index contributed by atoms with van der Waals surface area (Å²) in [6.07, 6.45) is 2.16. The number of nitrogens with zero attached hydrogens (tertiary/aromatic N) is 1. The lowest BCUT2D eigenvalue weighted by atomic mass is 9.86. The summed E-state index contributed by atoms with van der Waals surface area (Å²) in [6.45, 7) is 7.81. The minimum atomic E-state index is -0.230. The van der Waals surface area contributed by atoms with Crippen LogP contribution in [0.1, 0.15) is 49.7 Å². The third-order valence-corrected chi connectivity index (χ3v) is 4.29. The van der Waals surface area contributed by atoms with Gasteiger partial charge in [-0.1, -0.05) is 50.2 Å². The van der Waals surface area contributed by atoms with Gasteiger partial charge in [-0.2, -0.15) is 0 Å². The second-order valence-electron chi connectivity index (χ2n) is 7.25. The van der Waals surface area contributed by atoms with Crippen LogP contribution >= 0.6 is 0 Å². The zero-order valence-corrected chi connectivity index (χ0v) is 14.5. The van der Waals surface area contributed by atoms with E-state index in [9.17, 15) is 4.79 Å². The van der Waals surface area contributed by atoms with E-state index in [-0.39, 0.29) is 17.4 Å². The first kappa shape index (κ1) is 16.7. The summed E-state index contributed by atoms with van der Waals surface area (Å²) >= 11 is 0. The molecule has 5 heteroatoms. The molecule has 1 aliphatic rings. The Morgan fingerprint density at radius 2 is 2.04 bits per heavy atom. The predicted octanol–water partition coefficient (Wildman–Crippen LogP) is 3.55. The van der Waals surface area contributed by atoms with Crippen LogP contribution in [0.25, 0.3) is 11.3 Å². The Balaban J connectivity index is 1.65. The van der Waals surface area contributed by atoms with Gasteiger partial charge in [-0.15, -0.1) is 0 Å². The zero-order chi connectivity index (χ0) is 17.2. The number of carbonyl (C=O) groups is 1. The van der Waals surface area contributed by atoms with Crippen LogP contribution in [0, 0.1) is 0 Å². The Morgan fingerprint density at radius 3 is 2.67 bits per heavy atom. The second-order valence-corrected chi connectivity index (χ2v) is 7.25. The van der Waals surface area contributed by atoms with Crippen molar-refractivity contribution < 1.29 is 14.1 Å². The molecule has 1 N–H and O–H groups in total. The summed E-state index contributed by atoms with van der Waals surface area (Å²) in [4.78, 5) is 12.1. The van der Waals surface area contributed by atoms with Gasteiger partial charge < -0.3 is 14.6 Å². The van der Waals surface area contributed by atoms with Crippen molar-refractivity contribution in [3.8, 4) is 11.3 Å². The van der Waals surface area contributed by atoms with E-state index < -0.39 is 0 Å². The number of aromatic nitrogens is 1. The average Bonchev–Trinajstić information content (AvgIpc) is 3.23. The summed E-state index contributed by atoms with van der Waals surface area (Å²) in [5.41, 5.74) is 2.56. The lowest BCUT2D eigenvalue weighted by Gasteiger charge is -2.18. The smallest absolute Gasteiger partial charge is 0.273 e. The molecule has 1 aliphatic heterocycles. The summed E-state index contributed by atoms with van der Waals surface area (Å²) in [6, 6.07) is 9.82. The average molecular weight is 328 g/mol. The number of hydrogen-bond donors (Lipinski definition) is 1. The van der Waals surface area contributed by atoms with Crippen LogP contribution in [-0.2, 0) is 10.2 Å². The van der Waals surface area contributed by atoms with Crippen molar-refractivity contribution in [3.05, 3.63) is 41.6 Å². The molecule has 1 amide bonds. The van der Waals surface area contributed by atoms with Crippen molar-refractivity contribution in [3.63, 3.8) is 0 Å². The number of amides is 1. The van der Waals surface area contributed by atoms with Crippen LogP contribution in [-0.4, -0.2) is 30.3 Å². The van der Waals surface area contributed by atoms with Crippen molar-refractivity contribution in [1.82, 2.24) is 10.5 Å². The molecule has 1 unspecified atom stereocenters. The molecule has 128 valence electrons. The highest BCUT2D eigenvalue weighted by atomic mass is 16.5. The summed E-state index contributed by atoms with van der Waals surface area (Å²) in [7, 11) is 0. The molecule has 2 heterocycles. The third-order valence-electron chi connectivity index (χ3n) is 4.29. The number of nitrogens with one attached hydrogen (secondary N) is 1. The van der Waals surface area contributed by atoms with E-state index in [0.717, 1.165) is 25.0 Å². The van der Waals surface area contributed by atoms with Gasteiger partial charge in [-0.3, -0.25) is 4.79 Å². The van der Waals surface area contributed by atoms with Gasteiger partial charge in [-0.25, -0.2) is 0 Å². The maximum absolute atomic E-state index is 12.1. The van der Waals surface area contributed by atoms with Gasteiger partial charge in [0.15, 0.2) is 11.5 Å². The van der Waals surface area contributed by atoms with E-state index >= 15 is 0 Å². The molecule has 3 rings (SSSR count). The number of rotatable bonds is 4. The molecule has 0 saturated carbocycles. The first-order chi connectivity index (χ1) is 11.4. The van der Waals surface area contributed by atoms with Gasteiger partial charge in [0, 0.05) is 24.8 Å². The molecular formula is C19H24N2O3. The first-order valence-corrected chi connectivity index (χ1v) is 8.41. The topological polar surface area (TPSA) is 64.4 Å². The minimum Gasteiger partial charge on any atom is -0.376 e. The number of ether oxygens (including phenoxy) is 1. The highest BCUT2D eigenvalue weighted by Gasteiger charge is 2.19. The summed E-state index contributed by atoms with van der Waals surface area (Å²) in [5, 5.41) is 6.73. The molecule has 0 spiro atoms. The minimum absolute atomic E-state index is 0.104. The maximum atomic E-state index is 12.1. The standard InChI is InChI=1S/C19H24N2O3/c1-19(2,3)14-8-6-13(7-9-14)17-11-16(21-24-17)18(22)20-12-15-5-4-10-23-15/h6-9,11,15H,4-5,10,12H2,1-3H3,(H,20,22). The molecular weight excluding hydrogens is 304 g/mol. The quantitative estimate of drug-likeness (QED) is 0.932. The fraction of sp³-hybridized carbons (Fsp3) is 0.474. The van der Waals surface area contributed by atoms with Crippen LogP contribution in [0.4, 0.5) is 0 Å². The molecule has 0 bridgehead atoms. The molecule has 1 saturated heterocycles. The van der Waals surface area contributed by atoms with Crippen LogP contribution in [0.3, 0.4) is 0 Å². The monoisotopic (exact) mass is 328 g/mol. The maximum Gasteiger partial charge on any atom is 0.273 e. The Kier molecular flexibility index (Phi) is 4.71. The summed E-state index contributed by atoms with van der Waals surface area (Å²) in [5.74, 6) is 0.365. The van der Waals surface area contributed by atoms with Gasteiger partial charge in [0.1, 0.15) is 0 Å². The number of hydrogen-bond acceptors (Lipinski definition) is 4. The molecule has 24 heavy (non-hydrogen) atoms. The molecule has 5 nitrogen and oxygen atoms in total.